The van der Waals surface area contributed by atoms with Crippen molar-refractivity contribution in [1.29, 1.82) is 0 Å². The highest BCUT2D eigenvalue weighted by Gasteiger charge is 2.35. The second kappa shape index (κ2) is 6.20. The third-order valence-electron chi connectivity index (χ3n) is 3.80. The van der Waals surface area contributed by atoms with Crippen LogP contribution in [-0.2, 0) is 9.59 Å². The monoisotopic (exact) mass is 358 g/mol. The van der Waals surface area contributed by atoms with Gasteiger partial charge in [-0.25, -0.2) is 0 Å². The van der Waals surface area contributed by atoms with Gasteiger partial charge in [0.1, 0.15) is 15.8 Å². The molecular weight excluding hydrogens is 347 g/mol. The molecule has 0 bridgehead atoms. The molecule has 0 amide bonds. The Labute approximate surface area is 148 Å². The van der Waals surface area contributed by atoms with Crippen molar-refractivity contribution in [2.75, 3.05) is 6.54 Å². The highest BCUT2D eigenvalue weighted by atomic mass is 35.5. The molecule has 0 spiro atoms. The summed E-state index contributed by atoms with van der Waals surface area (Å²) >= 11 is 12.4. The van der Waals surface area contributed by atoms with Crippen LogP contribution in [0.15, 0.2) is 40.0 Å². The lowest BCUT2D eigenvalue weighted by Gasteiger charge is -2.18. The van der Waals surface area contributed by atoms with Crippen LogP contribution in [0.25, 0.3) is 16.5 Å². The first-order chi connectivity index (χ1) is 11.5. The van der Waals surface area contributed by atoms with Crippen LogP contribution in [-0.4, -0.2) is 23.1 Å². The molecular formula is C18H12Cl2N2O2. The number of benzene rings is 1. The average Bonchev–Trinajstić information content (AvgIpc) is 2.90. The second-order valence-corrected chi connectivity index (χ2v) is 6.02. The normalized spacial score (nSPS) is 15.2. The Morgan fingerprint density at radius 1 is 1.17 bits per heavy atom. The average molecular weight is 359 g/mol. The SMILES string of the molecule is C#CCNC1=C(Cl)C(=O)C(c2c(C)[nH]c3ccccc23)=C(Cl)C1=O. The number of fused-ring (bicyclic) bond motifs is 1. The Kier molecular flexibility index (Phi) is 4.23. The lowest BCUT2D eigenvalue weighted by atomic mass is 9.92. The van der Waals surface area contributed by atoms with Gasteiger partial charge >= 0.3 is 0 Å². The molecule has 24 heavy (non-hydrogen) atoms. The fourth-order valence-electron chi connectivity index (χ4n) is 2.77. The van der Waals surface area contributed by atoms with Crippen LogP contribution in [0.5, 0.6) is 0 Å². The minimum Gasteiger partial charge on any atom is -0.370 e. The molecule has 0 saturated carbocycles. The van der Waals surface area contributed by atoms with E-state index in [0.29, 0.717) is 5.56 Å². The first-order valence-corrected chi connectivity index (χ1v) is 7.87. The second-order valence-electron chi connectivity index (χ2n) is 5.26. The van der Waals surface area contributed by atoms with Gasteiger partial charge < -0.3 is 10.3 Å². The van der Waals surface area contributed by atoms with Gasteiger partial charge in [0.25, 0.3) is 0 Å². The number of hydrogen-bond acceptors (Lipinski definition) is 3. The van der Waals surface area contributed by atoms with E-state index >= 15 is 0 Å². The van der Waals surface area contributed by atoms with Crippen molar-refractivity contribution in [3.63, 3.8) is 0 Å². The fourth-order valence-corrected chi connectivity index (χ4v) is 3.29. The molecule has 1 aliphatic carbocycles. The predicted octanol–water partition coefficient (Wildman–Crippen LogP) is 3.25. The van der Waals surface area contributed by atoms with E-state index in [1.807, 2.05) is 31.2 Å². The highest BCUT2D eigenvalue weighted by Crippen LogP contribution is 2.38. The van der Waals surface area contributed by atoms with Gasteiger partial charge in [0.2, 0.25) is 11.6 Å². The smallest absolute Gasteiger partial charge is 0.222 e. The first kappa shape index (κ1) is 16.4. The molecule has 2 N–H and O–H groups in total. The standard InChI is InChI=1S/C18H12Cl2N2O2/c1-3-8-21-16-15(20)17(23)13(14(19)18(16)24)12-9(2)22-11-7-5-4-6-10(11)12/h1,4-7,21-22H,8H2,2H3. The number of carbonyl (C=O) groups is 2. The number of allylic oxidation sites excluding steroid dienone is 3. The quantitative estimate of drug-likeness (QED) is 0.653. The van der Waals surface area contributed by atoms with Crippen LogP contribution in [0.4, 0.5) is 0 Å². The number of para-hydroxylation sites is 1. The zero-order valence-electron chi connectivity index (χ0n) is 12.7. The molecule has 1 heterocycles. The predicted molar refractivity (Wildman–Crippen MR) is 95.5 cm³/mol. The van der Waals surface area contributed by atoms with Crippen LogP contribution in [0.1, 0.15) is 11.3 Å². The van der Waals surface area contributed by atoms with Crippen LogP contribution in [0, 0.1) is 19.3 Å². The summed E-state index contributed by atoms with van der Waals surface area (Å²) in [7, 11) is 0. The number of hydrogen-bond donors (Lipinski definition) is 2. The van der Waals surface area contributed by atoms with Crippen molar-refractivity contribution in [2.24, 2.45) is 0 Å². The summed E-state index contributed by atoms with van der Waals surface area (Å²) in [5, 5.41) is 3.09. The summed E-state index contributed by atoms with van der Waals surface area (Å²) in [5.41, 5.74) is 2.20. The number of halogens is 2. The first-order valence-electron chi connectivity index (χ1n) is 7.11. The maximum Gasteiger partial charge on any atom is 0.222 e. The van der Waals surface area contributed by atoms with E-state index in [0.717, 1.165) is 16.6 Å². The summed E-state index contributed by atoms with van der Waals surface area (Å²) in [6, 6.07) is 7.46. The molecule has 4 nitrogen and oxygen atoms in total. The molecule has 2 aromatic rings. The number of rotatable bonds is 3. The maximum absolute atomic E-state index is 12.8. The van der Waals surface area contributed by atoms with E-state index in [9.17, 15) is 9.59 Å². The van der Waals surface area contributed by atoms with Gasteiger partial charge in [-0.3, -0.25) is 9.59 Å². The number of H-pyrrole nitrogens is 1. The number of ketones is 2. The molecule has 0 fully saturated rings. The Balaban J connectivity index is 2.20. The summed E-state index contributed by atoms with van der Waals surface area (Å²) < 4.78 is 0. The van der Waals surface area contributed by atoms with Gasteiger partial charge in [-0.2, -0.15) is 0 Å². The zero-order chi connectivity index (χ0) is 17.4. The molecule has 1 aromatic heterocycles. The largest absolute Gasteiger partial charge is 0.370 e. The van der Waals surface area contributed by atoms with E-state index in [2.05, 4.69) is 16.2 Å². The molecule has 0 saturated heterocycles. The molecule has 120 valence electrons. The van der Waals surface area contributed by atoms with Crippen molar-refractivity contribution in [1.82, 2.24) is 10.3 Å². The molecule has 0 unspecified atom stereocenters. The Morgan fingerprint density at radius 3 is 2.58 bits per heavy atom. The van der Waals surface area contributed by atoms with E-state index in [1.54, 1.807) is 0 Å². The molecule has 0 atom stereocenters. The van der Waals surface area contributed by atoms with Gasteiger partial charge in [0, 0.05) is 22.2 Å². The van der Waals surface area contributed by atoms with Crippen molar-refractivity contribution in [3.05, 3.63) is 51.3 Å². The fraction of sp³-hybridized carbons (Fsp3) is 0.111. The number of aromatic amines is 1. The molecule has 6 heteroatoms. The van der Waals surface area contributed by atoms with Gasteiger partial charge in [-0.05, 0) is 13.0 Å². The lowest BCUT2D eigenvalue weighted by Crippen LogP contribution is -2.29. The minimum absolute atomic E-state index is 0.0640. The Bertz CT molecular complexity index is 990. The third-order valence-corrected chi connectivity index (χ3v) is 4.52. The summed E-state index contributed by atoms with van der Waals surface area (Å²) in [6.07, 6.45) is 5.17. The zero-order valence-corrected chi connectivity index (χ0v) is 14.2. The minimum atomic E-state index is -0.545. The lowest BCUT2D eigenvalue weighted by molar-refractivity contribution is -0.114. The van der Waals surface area contributed by atoms with E-state index in [-0.39, 0.29) is 27.9 Å². The molecule has 0 radical (unpaired) electrons. The number of terminal acetylenes is 1. The summed E-state index contributed by atoms with van der Waals surface area (Å²) in [6.45, 7) is 1.88. The number of Topliss-reactive ketones (excluding diaryl/α,β-unsaturated/α-hetero) is 2. The molecule has 0 aliphatic heterocycles. The summed E-state index contributed by atoms with van der Waals surface area (Å²) in [5.74, 6) is 1.28. The maximum atomic E-state index is 12.8. The van der Waals surface area contributed by atoms with Gasteiger partial charge in [0.15, 0.2) is 0 Å². The van der Waals surface area contributed by atoms with Crippen molar-refractivity contribution < 1.29 is 9.59 Å². The van der Waals surface area contributed by atoms with E-state index in [1.165, 1.54) is 0 Å². The Morgan fingerprint density at radius 2 is 1.88 bits per heavy atom. The van der Waals surface area contributed by atoms with Crippen LogP contribution >= 0.6 is 23.2 Å². The van der Waals surface area contributed by atoms with Gasteiger partial charge in [-0.1, -0.05) is 47.3 Å². The van der Waals surface area contributed by atoms with Gasteiger partial charge in [-0.15, -0.1) is 6.42 Å². The van der Waals surface area contributed by atoms with Crippen LogP contribution in [0.2, 0.25) is 0 Å². The van der Waals surface area contributed by atoms with Crippen molar-refractivity contribution in [3.8, 4) is 12.3 Å². The number of nitrogens with one attached hydrogen (secondary N) is 2. The number of aryl methyl sites for hydroxylation is 1. The third kappa shape index (κ3) is 2.43. The van der Waals surface area contributed by atoms with Crippen LogP contribution < -0.4 is 5.32 Å². The van der Waals surface area contributed by atoms with Gasteiger partial charge in [0.05, 0.1) is 12.1 Å². The highest BCUT2D eigenvalue weighted by molar-refractivity contribution is 6.63. The number of carbonyl (C=O) groups excluding carboxylic acids is 2. The topological polar surface area (TPSA) is 62.0 Å². The van der Waals surface area contributed by atoms with Crippen LogP contribution in [0.3, 0.4) is 0 Å². The van der Waals surface area contributed by atoms with E-state index < -0.39 is 11.6 Å². The molecule has 3 rings (SSSR count). The molecule has 1 aromatic carbocycles. The van der Waals surface area contributed by atoms with Crippen molar-refractivity contribution >= 4 is 51.2 Å². The Hall–Kier alpha value is -2.48. The van der Waals surface area contributed by atoms with E-state index in [4.69, 9.17) is 29.6 Å². The van der Waals surface area contributed by atoms with Crippen molar-refractivity contribution in [2.45, 2.75) is 6.92 Å². The number of aromatic nitrogens is 1. The molecule has 1 aliphatic rings. The summed E-state index contributed by atoms with van der Waals surface area (Å²) in [4.78, 5) is 28.5.